The Kier molecular flexibility index (Phi) is 7.32. The lowest BCUT2D eigenvalue weighted by atomic mass is 9.88. The molecule has 1 aliphatic rings. The molecule has 1 aromatic heterocycles. The van der Waals surface area contributed by atoms with Gasteiger partial charge in [0, 0.05) is 39.5 Å². The molecule has 1 amide bonds. The molecule has 0 radical (unpaired) electrons. The van der Waals surface area contributed by atoms with Crippen LogP contribution < -0.4 is 10.5 Å². The topological polar surface area (TPSA) is 69.7 Å². The zero-order valence-corrected chi connectivity index (χ0v) is 19.3. The maximum absolute atomic E-state index is 14.4. The summed E-state index contributed by atoms with van der Waals surface area (Å²) in [5.41, 5.74) is 7.68. The lowest BCUT2D eigenvalue weighted by Crippen LogP contribution is -2.38. The van der Waals surface area contributed by atoms with E-state index < -0.39 is 12.1 Å². The quantitative estimate of drug-likeness (QED) is 0.480. The van der Waals surface area contributed by atoms with E-state index >= 15 is 0 Å². The molecule has 10 heteroatoms. The van der Waals surface area contributed by atoms with Crippen molar-refractivity contribution in [2.24, 2.45) is 5.73 Å². The fraction of sp³-hybridized carbons (Fsp3) is 0.400. The monoisotopic (exact) mass is 493 g/mol. The first-order valence-electron chi connectivity index (χ1n) is 11.4. The highest BCUT2D eigenvalue weighted by Gasteiger charge is 2.34. The minimum Gasteiger partial charge on any atom is -0.405 e. The molecule has 0 aliphatic carbocycles. The number of nitrogens with zero attached hydrogens (tertiary/aromatic N) is 2. The zero-order valence-electron chi connectivity index (χ0n) is 19.3. The highest BCUT2D eigenvalue weighted by atomic mass is 19.4. The number of aromatic nitrogens is 1. The van der Waals surface area contributed by atoms with Gasteiger partial charge in [0.15, 0.2) is 0 Å². The minimum atomic E-state index is -4.90. The van der Waals surface area contributed by atoms with Gasteiger partial charge in [0.2, 0.25) is 0 Å². The van der Waals surface area contributed by atoms with Crippen LogP contribution in [0.5, 0.6) is 5.75 Å². The average molecular weight is 494 g/mol. The highest BCUT2D eigenvalue weighted by molar-refractivity contribution is 6.09. The summed E-state index contributed by atoms with van der Waals surface area (Å²) in [5.74, 6) is -1.19. The number of nitrogens with two attached hydrogens (primary N) is 1. The number of halogens is 4. The number of carbonyl (C=O) groups is 1. The van der Waals surface area contributed by atoms with Crippen molar-refractivity contribution < 1.29 is 31.8 Å². The lowest BCUT2D eigenvalue weighted by Gasteiger charge is -2.32. The number of ether oxygens (including phenoxy) is 2. The standard InChI is InChI=1S/C25H27F4N3O3/c1-34-12-11-32-15-19(23-21(32)3-2-4-22(23)35-25(27,28)29)24(33)31-9-7-17(8-10-31)18-13-16(14-30)5-6-20(18)26/h2-6,13,15,17H,7-12,14,30H2,1H3. The molecular weight excluding hydrogens is 466 g/mol. The van der Waals surface area contributed by atoms with Crippen LogP contribution >= 0.6 is 0 Å². The average Bonchev–Trinajstić information content (AvgIpc) is 3.21. The molecule has 4 rings (SSSR count). The SMILES string of the molecule is COCCn1cc(C(=O)N2CCC(c3cc(CN)ccc3F)CC2)c2c(OC(F)(F)F)cccc21. The second-order valence-electron chi connectivity index (χ2n) is 8.55. The maximum Gasteiger partial charge on any atom is 0.573 e. The summed E-state index contributed by atoms with van der Waals surface area (Å²) in [4.78, 5) is 15.1. The van der Waals surface area contributed by atoms with Crippen LogP contribution in [0.4, 0.5) is 17.6 Å². The molecule has 188 valence electrons. The fourth-order valence-corrected chi connectivity index (χ4v) is 4.66. The van der Waals surface area contributed by atoms with Crippen molar-refractivity contribution in [1.29, 1.82) is 0 Å². The van der Waals surface area contributed by atoms with Gasteiger partial charge in [-0.15, -0.1) is 13.2 Å². The van der Waals surface area contributed by atoms with Crippen molar-refractivity contribution in [3.05, 3.63) is 65.1 Å². The first-order valence-corrected chi connectivity index (χ1v) is 11.4. The Balaban J connectivity index is 1.61. The van der Waals surface area contributed by atoms with E-state index in [4.69, 9.17) is 10.5 Å². The first kappa shape index (κ1) is 25.0. The van der Waals surface area contributed by atoms with E-state index in [0.29, 0.717) is 56.7 Å². The molecule has 0 saturated carbocycles. The first-order chi connectivity index (χ1) is 16.7. The highest BCUT2D eigenvalue weighted by Crippen LogP contribution is 2.36. The Hall–Kier alpha value is -3.11. The Morgan fingerprint density at radius 2 is 1.91 bits per heavy atom. The fourth-order valence-electron chi connectivity index (χ4n) is 4.66. The normalized spacial score (nSPS) is 15.1. The molecule has 0 spiro atoms. The largest absolute Gasteiger partial charge is 0.573 e. The van der Waals surface area contributed by atoms with E-state index in [1.165, 1.54) is 25.3 Å². The number of hydrogen-bond donors (Lipinski definition) is 1. The molecule has 3 aromatic rings. The predicted octanol–water partition coefficient (Wildman–Crippen LogP) is 4.80. The molecule has 2 heterocycles. The van der Waals surface area contributed by atoms with Gasteiger partial charge in [-0.25, -0.2) is 4.39 Å². The van der Waals surface area contributed by atoms with Gasteiger partial charge < -0.3 is 24.7 Å². The van der Waals surface area contributed by atoms with Crippen LogP contribution in [0.1, 0.15) is 40.2 Å². The number of alkyl halides is 3. The third kappa shape index (κ3) is 5.43. The molecule has 1 saturated heterocycles. The summed E-state index contributed by atoms with van der Waals surface area (Å²) in [6.07, 6.45) is -2.29. The van der Waals surface area contributed by atoms with Crippen molar-refractivity contribution in [3.63, 3.8) is 0 Å². The Bertz CT molecular complexity index is 1200. The number of rotatable bonds is 7. The number of piperidine rings is 1. The van der Waals surface area contributed by atoms with Gasteiger partial charge >= 0.3 is 6.36 Å². The number of hydrogen-bond acceptors (Lipinski definition) is 4. The third-order valence-electron chi connectivity index (χ3n) is 6.38. The number of likely N-dealkylation sites (tertiary alicyclic amines) is 1. The van der Waals surface area contributed by atoms with Crippen LogP contribution in [0.25, 0.3) is 10.9 Å². The number of benzene rings is 2. The van der Waals surface area contributed by atoms with Crippen LogP contribution in [-0.4, -0.2) is 48.5 Å². The van der Waals surface area contributed by atoms with Gasteiger partial charge in [0.1, 0.15) is 11.6 Å². The summed E-state index contributed by atoms with van der Waals surface area (Å²) < 4.78 is 64.7. The van der Waals surface area contributed by atoms with Crippen LogP contribution in [0, 0.1) is 5.82 Å². The van der Waals surface area contributed by atoms with E-state index in [1.54, 1.807) is 33.9 Å². The molecule has 0 unspecified atom stereocenters. The summed E-state index contributed by atoms with van der Waals surface area (Å²) in [6.45, 7) is 1.68. The molecule has 0 atom stereocenters. The van der Waals surface area contributed by atoms with Crippen molar-refractivity contribution in [2.45, 2.75) is 38.2 Å². The number of amides is 1. The van der Waals surface area contributed by atoms with E-state index in [-0.39, 0.29) is 28.6 Å². The van der Waals surface area contributed by atoms with Crippen LogP contribution in [0.15, 0.2) is 42.6 Å². The number of methoxy groups -OCH3 is 1. The molecule has 1 fully saturated rings. The maximum atomic E-state index is 14.4. The Morgan fingerprint density at radius 3 is 2.57 bits per heavy atom. The number of fused-ring (bicyclic) bond motifs is 1. The molecule has 6 nitrogen and oxygen atoms in total. The second kappa shape index (κ2) is 10.2. The molecule has 35 heavy (non-hydrogen) atoms. The third-order valence-corrected chi connectivity index (χ3v) is 6.38. The summed E-state index contributed by atoms with van der Waals surface area (Å²) in [5, 5.41) is 0.106. The zero-order chi connectivity index (χ0) is 25.2. The summed E-state index contributed by atoms with van der Waals surface area (Å²) >= 11 is 0. The van der Waals surface area contributed by atoms with E-state index in [9.17, 15) is 22.4 Å². The van der Waals surface area contributed by atoms with E-state index in [0.717, 1.165) is 5.56 Å². The second-order valence-corrected chi connectivity index (χ2v) is 8.55. The van der Waals surface area contributed by atoms with Crippen LogP contribution in [-0.2, 0) is 17.8 Å². The van der Waals surface area contributed by atoms with Crippen molar-refractivity contribution in [2.75, 3.05) is 26.8 Å². The van der Waals surface area contributed by atoms with Gasteiger partial charge in [-0.3, -0.25) is 4.79 Å². The van der Waals surface area contributed by atoms with Gasteiger partial charge in [0.05, 0.1) is 23.1 Å². The van der Waals surface area contributed by atoms with Crippen LogP contribution in [0.2, 0.25) is 0 Å². The van der Waals surface area contributed by atoms with E-state index in [2.05, 4.69) is 4.74 Å². The van der Waals surface area contributed by atoms with E-state index in [1.807, 2.05) is 0 Å². The smallest absolute Gasteiger partial charge is 0.405 e. The number of carbonyl (C=O) groups excluding carboxylic acids is 1. The lowest BCUT2D eigenvalue weighted by molar-refractivity contribution is -0.274. The molecular formula is C25H27F4N3O3. The molecule has 2 aromatic carbocycles. The van der Waals surface area contributed by atoms with Gasteiger partial charge in [-0.05, 0) is 48.1 Å². The van der Waals surface area contributed by atoms with Gasteiger partial charge in [-0.2, -0.15) is 0 Å². The van der Waals surface area contributed by atoms with Crippen molar-refractivity contribution >= 4 is 16.8 Å². The minimum absolute atomic E-state index is 0.0716. The summed E-state index contributed by atoms with van der Waals surface area (Å²) in [6, 6.07) is 9.12. The van der Waals surface area contributed by atoms with Gasteiger partial charge in [0.25, 0.3) is 5.91 Å². The Morgan fingerprint density at radius 1 is 1.17 bits per heavy atom. The molecule has 2 N–H and O–H groups in total. The predicted molar refractivity (Wildman–Crippen MR) is 123 cm³/mol. The van der Waals surface area contributed by atoms with Gasteiger partial charge in [-0.1, -0.05) is 18.2 Å². The molecule has 1 aliphatic heterocycles. The van der Waals surface area contributed by atoms with Crippen LogP contribution in [0.3, 0.4) is 0 Å². The molecule has 0 bridgehead atoms. The summed E-state index contributed by atoms with van der Waals surface area (Å²) in [7, 11) is 1.52. The van der Waals surface area contributed by atoms with Crippen molar-refractivity contribution in [1.82, 2.24) is 9.47 Å². The Labute approximate surface area is 200 Å². The van der Waals surface area contributed by atoms with Crippen molar-refractivity contribution in [3.8, 4) is 5.75 Å².